The van der Waals surface area contributed by atoms with Gasteiger partial charge in [0.2, 0.25) is 17.2 Å². The lowest BCUT2D eigenvalue weighted by Crippen LogP contribution is -2.49. The topological polar surface area (TPSA) is 251 Å². The van der Waals surface area contributed by atoms with Gasteiger partial charge in [0.25, 0.3) is 0 Å². The number of aryl methyl sites for hydroxylation is 1. The molecule has 2 fully saturated rings. The molecular weight excluding hydrogens is 976 g/mol. The summed E-state index contributed by atoms with van der Waals surface area (Å²) in [5.41, 5.74) is 8.60. The largest absolute Gasteiger partial charge is 0.477 e. The number of hydrogen-bond acceptors (Lipinski definition) is 13. The number of ether oxygens (including phenoxy) is 1. The summed E-state index contributed by atoms with van der Waals surface area (Å²) in [5.74, 6) is -1.93. The van der Waals surface area contributed by atoms with Crippen molar-refractivity contribution in [1.82, 2.24) is 45.3 Å². The highest BCUT2D eigenvalue weighted by molar-refractivity contribution is 6.01. The van der Waals surface area contributed by atoms with Crippen LogP contribution >= 0.6 is 0 Å². The van der Waals surface area contributed by atoms with Gasteiger partial charge in [0, 0.05) is 95.1 Å². The van der Waals surface area contributed by atoms with Gasteiger partial charge in [0.15, 0.2) is 0 Å². The maximum atomic E-state index is 15.4. The molecule has 76 heavy (non-hydrogen) atoms. The molecule has 5 aromatic rings. The van der Waals surface area contributed by atoms with E-state index in [1.165, 1.54) is 16.7 Å². The number of nitrogens with zero attached hydrogens (tertiary/aromatic N) is 7. The Labute approximate surface area is 442 Å². The number of nitrogens with two attached hydrogens (primary N) is 1. The molecule has 0 bridgehead atoms. The van der Waals surface area contributed by atoms with Crippen LogP contribution in [0.2, 0.25) is 0 Å². The maximum Gasteiger partial charge on any atom is 0.410 e. The number of aromatic nitrogens is 4. The molecule has 0 aliphatic carbocycles. The average Bonchev–Trinajstić information content (AvgIpc) is 4.02. The molecule has 0 spiro atoms. The fourth-order valence-electron chi connectivity index (χ4n) is 9.86. The number of hydrogen-bond donors (Lipinski definition) is 6. The van der Waals surface area contributed by atoms with Crippen LogP contribution in [0.1, 0.15) is 111 Å². The number of aromatic carboxylic acids is 1. The number of nitrogens with one attached hydrogen (secondary N) is 4. The molecule has 7 rings (SSSR count). The number of carbonyl (C=O) groups is 5. The Kier molecular flexibility index (Phi) is 20.3. The summed E-state index contributed by atoms with van der Waals surface area (Å²) in [6.07, 6.45) is 9.37. The Morgan fingerprint density at radius 1 is 0.842 bits per heavy atom. The van der Waals surface area contributed by atoms with Crippen LogP contribution in [0.3, 0.4) is 0 Å². The molecule has 408 valence electrons. The Balaban J connectivity index is 0.900. The first kappa shape index (κ1) is 56.3. The molecular formula is C55H73FN12O8. The number of piperazine rings is 1. The quantitative estimate of drug-likeness (QED) is 0.0241. The number of anilines is 2. The maximum absolute atomic E-state index is 15.4. The number of likely N-dealkylation sites (tertiary alicyclic amines) is 1. The lowest BCUT2D eigenvalue weighted by Gasteiger charge is -2.35. The molecule has 3 aromatic carbocycles. The minimum absolute atomic E-state index is 0.00441. The zero-order chi connectivity index (χ0) is 54.1. The number of unbranched alkanes of at least 4 members (excludes halogenated alkanes) is 3. The van der Waals surface area contributed by atoms with E-state index in [2.05, 4.69) is 69.7 Å². The third kappa shape index (κ3) is 15.4. The zero-order valence-electron chi connectivity index (χ0n) is 43.8. The van der Waals surface area contributed by atoms with E-state index in [4.69, 9.17) is 10.5 Å². The van der Waals surface area contributed by atoms with E-state index in [0.717, 1.165) is 61.7 Å². The first-order chi connectivity index (χ1) is 36.7. The van der Waals surface area contributed by atoms with Crippen LogP contribution in [0.15, 0.2) is 83.9 Å². The predicted octanol–water partition coefficient (Wildman–Crippen LogP) is 6.21. The summed E-state index contributed by atoms with van der Waals surface area (Å²) < 4.78 is 24.6. The molecule has 3 atom stereocenters. The third-order valence-corrected chi connectivity index (χ3v) is 14.2. The molecule has 20 nitrogen and oxygen atoms in total. The molecule has 0 unspecified atom stereocenters. The number of urea groups is 1. The van der Waals surface area contributed by atoms with Gasteiger partial charge in [0.05, 0.1) is 35.2 Å². The standard InChI is InChI=1S/C55H73FN12O8/c1-4-64-34-44(53(72)73)52(71)43-30-45(56)48(31-47(43)64)65-25-27-66(28-26-65)55(75)76-36-39-16-18-40(19-17-39)60-33-42(15-12-23-59-54(57)74)68-35-46(62-63-68)51(37(2)3)61-32-41(29-38-13-8-7-9-14-38)58-22-10-5-6-11-24-67-49(69)20-21-50(67)70/h7-9,13-14,16-19,30-31,34-35,37,41-42,51,58,60-61H,4-6,10-12,15,20-29,32-33,36H2,1-3H3,(H,72,73)(H3,57,59,74)/t41-,42+,51-/m0/s1. The number of amides is 5. The highest BCUT2D eigenvalue weighted by Gasteiger charge is 2.29. The van der Waals surface area contributed by atoms with Crippen LogP contribution in [0.25, 0.3) is 10.9 Å². The molecule has 5 amide bonds. The van der Waals surface area contributed by atoms with Gasteiger partial charge in [-0.15, -0.1) is 5.10 Å². The number of halogens is 1. The van der Waals surface area contributed by atoms with Crippen molar-refractivity contribution >= 4 is 52.2 Å². The summed E-state index contributed by atoms with van der Waals surface area (Å²) >= 11 is 0. The number of benzene rings is 3. The van der Waals surface area contributed by atoms with Gasteiger partial charge in [-0.05, 0) is 86.9 Å². The minimum Gasteiger partial charge on any atom is -0.477 e. The molecule has 21 heteroatoms. The molecule has 2 aliphatic rings. The van der Waals surface area contributed by atoms with Gasteiger partial charge in [0.1, 0.15) is 18.0 Å². The van der Waals surface area contributed by atoms with E-state index >= 15 is 4.39 Å². The van der Waals surface area contributed by atoms with E-state index in [9.17, 15) is 33.9 Å². The Morgan fingerprint density at radius 3 is 2.25 bits per heavy atom. The van der Waals surface area contributed by atoms with E-state index in [-0.39, 0.29) is 66.6 Å². The highest BCUT2D eigenvalue weighted by Crippen LogP contribution is 2.28. The summed E-state index contributed by atoms with van der Waals surface area (Å²) in [7, 11) is 0. The molecule has 2 aromatic heterocycles. The smallest absolute Gasteiger partial charge is 0.410 e. The second-order valence-electron chi connectivity index (χ2n) is 19.9. The van der Waals surface area contributed by atoms with Crippen molar-refractivity contribution in [2.75, 3.05) is 69.1 Å². The second-order valence-corrected chi connectivity index (χ2v) is 19.9. The number of carbonyl (C=O) groups excluding carboxylic acids is 4. The minimum atomic E-state index is -1.37. The predicted molar refractivity (Wildman–Crippen MR) is 288 cm³/mol. The molecule has 2 saturated heterocycles. The van der Waals surface area contributed by atoms with Crippen LogP contribution in [0.4, 0.5) is 25.4 Å². The van der Waals surface area contributed by atoms with Gasteiger partial charge in [-0.1, -0.05) is 74.4 Å². The number of imide groups is 1. The van der Waals surface area contributed by atoms with Crippen molar-refractivity contribution in [3.05, 3.63) is 118 Å². The Bertz CT molecular complexity index is 2800. The molecule has 7 N–H and O–H groups in total. The number of pyridine rings is 1. The van der Waals surface area contributed by atoms with Gasteiger partial charge in [-0.25, -0.2) is 23.5 Å². The van der Waals surface area contributed by atoms with E-state index in [1.807, 2.05) is 48.1 Å². The van der Waals surface area contributed by atoms with Crippen molar-refractivity contribution in [1.29, 1.82) is 0 Å². The van der Waals surface area contributed by atoms with Gasteiger partial charge in [-0.2, -0.15) is 0 Å². The second kappa shape index (κ2) is 27.4. The molecule has 0 saturated carbocycles. The van der Waals surface area contributed by atoms with E-state index in [0.29, 0.717) is 77.0 Å². The SMILES string of the molecule is CCn1cc(C(=O)O)c(=O)c2cc(F)c(N3CCN(C(=O)OCc4ccc(NC[C@@H](CCCNC(N)=O)n5cc([C@@H](NC[C@H](Cc6ccccc6)NCCCCCCN6C(=O)CCC6=O)C(C)C)nn5)cc4)CC3)cc21. The Morgan fingerprint density at radius 2 is 1.57 bits per heavy atom. The lowest BCUT2D eigenvalue weighted by molar-refractivity contribution is -0.138. The van der Waals surface area contributed by atoms with Crippen molar-refractivity contribution < 1.29 is 38.2 Å². The Hall–Kier alpha value is -7.39. The average molecular weight is 1050 g/mol. The summed E-state index contributed by atoms with van der Waals surface area (Å²) in [6.45, 7) is 10.7. The fraction of sp³-hybridized carbons (Fsp3) is 0.491. The summed E-state index contributed by atoms with van der Waals surface area (Å²) in [6, 6.07) is 20.0. The number of carboxylic acids is 1. The number of rotatable bonds is 28. The monoisotopic (exact) mass is 1050 g/mol. The van der Waals surface area contributed by atoms with Crippen LogP contribution in [-0.4, -0.2) is 129 Å². The van der Waals surface area contributed by atoms with Crippen molar-refractivity contribution in [2.45, 2.75) is 110 Å². The van der Waals surface area contributed by atoms with Gasteiger partial charge >= 0.3 is 18.1 Å². The van der Waals surface area contributed by atoms with Crippen LogP contribution in [0.5, 0.6) is 0 Å². The van der Waals surface area contributed by atoms with Crippen LogP contribution in [0, 0.1) is 11.7 Å². The first-order valence-electron chi connectivity index (χ1n) is 26.6. The number of carboxylic acid groups (broad SMARTS) is 1. The van der Waals surface area contributed by atoms with E-state index < -0.39 is 34.9 Å². The summed E-state index contributed by atoms with van der Waals surface area (Å²) in [4.78, 5) is 77.8. The van der Waals surface area contributed by atoms with Crippen molar-refractivity contribution in [2.24, 2.45) is 11.7 Å². The molecule has 0 radical (unpaired) electrons. The zero-order valence-corrected chi connectivity index (χ0v) is 43.8. The van der Waals surface area contributed by atoms with Crippen molar-refractivity contribution in [3.8, 4) is 0 Å². The van der Waals surface area contributed by atoms with Crippen LogP contribution in [-0.2, 0) is 33.9 Å². The van der Waals surface area contributed by atoms with Crippen molar-refractivity contribution in [3.63, 3.8) is 0 Å². The third-order valence-electron chi connectivity index (χ3n) is 14.2. The fourth-order valence-corrected chi connectivity index (χ4v) is 9.86. The highest BCUT2D eigenvalue weighted by atomic mass is 19.1. The van der Waals surface area contributed by atoms with Gasteiger partial charge < -0.3 is 51.2 Å². The normalized spacial score (nSPS) is 15.1. The number of primary amides is 1. The number of fused-ring (bicyclic) bond motifs is 1. The lowest BCUT2D eigenvalue weighted by atomic mass is 10.00. The summed E-state index contributed by atoms with van der Waals surface area (Å²) in [5, 5.41) is 32.6. The van der Waals surface area contributed by atoms with E-state index in [1.54, 1.807) is 20.4 Å². The molecule has 2 aliphatic heterocycles. The first-order valence-corrected chi connectivity index (χ1v) is 26.6. The van der Waals surface area contributed by atoms with Crippen LogP contribution < -0.4 is 37.3 Å². The van der Waals surface area contributed by atoms with Gasteiger partial charge in [-0.3, -0.25) is 19.3 Å². The molecule has 4 heterocycles.